The highest BCUT2D eigenvalue weighted by atomic mass is 19.4. The average molecular weight is 235 g/mol. The number of hydrogen-bond donors (Lipinski definition) is 2. The van der Waals surface area contributed by atoms with Gasteiger partial charge in [0.2, 0.25) is 0 Å². The van der Waals surface area contributed by atoms with Gasteiger partial charge in [-0.2, -0.15) is 13.2 Å². The summed E-state index contributed by atoms with van der Waals surface area (Å²) in [6.07, 6.45) is -4.25. The van der Waals surface area contributed by atoms with Crippen LogP contribution in [0.25, 0.3) is 0 Å². The summed E-state index contributed by atoms with van der Waals surface area (Å²) in [6.45, 7) is -1.13. The predicted molar refractivity (Wildman–Crippen MR) is 52.4 cm³/mol. The highest BCUT2D eigenvalue weighted by molar-refractivity contribution is 5.39. The van der Waals surface area contributed by atoms with Gasteiger partial charge in [0.25, 0.3) is 0 Å². The van der Waals surface area contributed by atoms with Crippen LogP contribution in [-0.2, 0) is 6.54 Å². The van der Waals surface area contributed by atoms with E-state index >= 15 is 0 Å². The van der Waals surface area contributed by atoms with Crippen LogP contribution < -0.4 is 10.1 Å². The minimum atomic E-state index is -4.25. The molecule has 1 aromatic carbocycles. The standard InChI is InChI=1S/C10H12F3NO2/c1-16-8-3-2-7(9(15)4-8)5-14-6-10(11,12)13/h2-4,14-15H,5-6H2,1H3. The number of aromatic hydroxyl groups is 1. The number of methoxy groups -OCH3 is 1. The first-order valence-electron chi connectivity index (χ1n) is 4.56. The lowest BCUT2D eigenvalue weighted by Gasteiger charge is -2.10. The SMILES string of the molecule is COc1ccc(CNCC(F)(F)F)c(O)c1. The van der Waals surface area contributed by atoms with Gasteiger partial charge in [0.15, 0.2) is 0 Å². The van der Waals surface area contributed by atoms with E-state index in [1.54, 1.807) is 6.07 Å². The highest BCUT2D eigenvalue weighted by Gasteiger charge is 2.26. The molecule has 0 aromatic heterocycles. The van der Waals surface area contributed by atoms with Crippen LogP contribution in [0.1, 0.15) is 5.56 Å². The largest absolute Gasteiger partial charge is 0.507 e. The Balaban J connectivity index is 2.55. The van der Waals surface area contributed by atoms with Gasteiger partial charge < -0.3 is 15.2 Å². The van der Waals surface area contributed by atoms with Gasteiger partial charge in [0.05, 0.1) is 13.7 Å². The Morgan fingerprint density at radius 3 is 2.56 bits per heavy atom. The number of phenolic OH excluding ortho intramolecular Hbond substituents is 1. The van der Waals surface area contributed by atoms with Crippen LogP contribution in [0.3, 0.4) is 0 Å². The van der Waals surface area contributed by atoms with E-state index in [1.807, 2.05) is 0 Å². The lowest BCUT2D eigenvalue weighted by Crippen LogP contribution is -2.28. The molecule has 0 aliphatic heterocycles. The summed E-state index contributed by atoms with van der Waals surface area (Å²) in [4.78, 5) is 0. The van der Waals surface area contributed by atoms with Gasteiger partial charge in [-0.1, -0.05) is 6.07 Å². The van der Waals surface area contributed by atoms with Gasteiger partial charge in [0.1, 0.15) is 11.5 Å². The lowest BCUT2D eigenvalue weighted by atomic mass is 10.2. The monoisotopic (exact) mass is 235 g/mol. The fourth-order valence-electron chi connectivity index (χ4n) is 1.16. The molecule has 0 atom stereocenters. The third kappa shape index (κ3) is 3.98. The Kier molecular flexibility index (Phi) is 4.00. The zero-order valence-electron chi connectivity index (χ0n) is 8.64. The molecule has 0 aliphatic rings. The Hall–Kier alpha value is -1.43. The molecular formula is C10H12F3NO2. The van der Waals surface area contributed by atoms with Crippen molar-refractivity contribution in [3.63, 3.8) is 0 Å². The summed E-state index contributed by atoms with van der Waals surface area (Å²) in [7, 11) is 1.44. The summed E-state index contributed by atoms with van der Waals surface area (Å²) >= 11 is 0. The molecule has 1 aromatic rings. The summed E-state index contributed by atoms with van der Waals surface area (Å²) in [5.41, 5.74) is 0.394. The number of halogens is 3. The number of ether oxygens (including phenoxy) is 1. The van der Waals surface area contributed by atoms with Crippen LogP contribution >= 0.6 is 0 Å². The van der Waals surface area contributed by atoms with E-state index in [0.717, 1.165) is 0 Å². The summed E-state index contributed by atoms with van der Waals surface area (Å²) in [6, 6.07) is 4.44. The molecule has 6 heteroatoms. The van der Waals surface area contributed by atoms with Crippen LogP contribution in [0.15, 0.2) is 18.2 Å². The van der Waals surface area contributed by atoms with Gasteiger partial charge in [-0.15, -0.1) is 0 Å². The second-order valence-electron chi connectivity index (χ2n) is 3.21. The fraction of sp³-hybridized carbons (Fsp3) is 0.400. The molecule has 0 fully saturated rings. The van der Waals surface area contributed by atoms with Crippen molar-refractivity contribution >= 4 is 0 Å². The predicted octanol–water partition coefficient (Wildman–Crippen LogP) is 2.05. The van der Waals surface area contributed by atoms with Gasteiger partial charge in [0, 0.05) is 18.2 Å². The van der Waals surface area contributed by atoms with Crippen LogP contribution in [0.2, 0.25) is 0 Å². The van der Waals surface area contributed by atoms with Gasteiger partial charge in [-0.25, -0.2) is 0 Å². The molecule has 90 valence electrons. The number of nitrogens with one attached hydrogen (secondary N) is 1. The third-order valence-electron chi connectivity index (χ3n) is 1.93. The van der Waals surface area contributed by atoms with E-state index < -0.39 is 12.7 Å². The van der Waals surface area contributed by atoms with E-state index in [-0.39, 0.29) is 12.3 Å². The van der Waals surface area contributed by atoms with Crippen LogP contribution in [0.5, 0.6) is 11.5 Å². The van der Waals surface area contributed by atoms with Gasteiger partial charge >= 0.3 is 6.18 Å². The zero-order valence-corrected chi connectivity index (χ0v) is 8.64. The molecule has 0 amide bonds. The average Bonchev–Trinajstić information content (AvgIpc) is 2.18. The minimum Gasteiger partial charge on any atom is -0.507 e. The molecule has 1 rings (SSSR count). The quantitative estimate of drug-likeness (QED) is 0.839. The number of benzene rings is 1. The molecule has 16 heavy (non-hydrogen) atoms. The molecule has 0 saturated carbocycles. The molecule has 0 radical (unpaired) electrons. The van der Waals surface area contributed by atoms with Crippen molar-refractivity contribution in [1.82, 2.24) is 5.32 Å². The number of alkyl halides is 3. The van der Waals surface area contributed by atoms with E-state index in [1.165, 1.54) is 19.2 Å². The molecule has 0 unspecified atom stereocenters. The summed E-state index contributed by atoms with van der Waals surface area (Å²) < 4.78 is 40.3. The smallest absolute Gasteiger partial charge is 0.401 e. The fourth-order valence-corrected chi connectivity index (χ4v) is 1.16. The maximum atomic E-state index is 11.8. The molecule has 3 nitrogen and oxygen atoms in total. The lowest BCUT2D eigenvalue weighted by molar-refractivity contribution is -0.125. The molecule has 0 aliphatic carbocycles. The second-order valence-corrected chi connectivity index (χ2v) is 3.21. The molecule has 0 spiro atoms. The van der Waals surface area contributed by atoms with Crippen molar-refractivity contribution in [3.05, 3.63) is 23.8 Å². The van der Waals surface area contributed by atoms with Crippen molar-refractivity contribution < 1.29 is 23.0 Å². The van der Waals surface area contributed by atoms with E-state index in [4.69, 9.17) is 4.74 Å². The van der Waals surface area contributed by atoms with Crippen LogP contribution in [0.4, 0.5) is 13.2 Å². The topological polar surface area (TPSA) is 41.5 Å². The number of rotatable bonds is 4. The number of hydrogen-bond acceptors (Lipinski definition) is 3. The van der Waals surface area contributed by atoms with Crippen molar-refractivity contribution in [2.24, 2.45) is 0 Å². The third-order valence-corrected chi connectivity index (χ3v) is 1.93. The Bertz CT molecular complexity index is 352. The Morgan fingerprint density at radius 1 is 1.38 bits per heavy atom. The Morgan fingerprint density at radius 2 is 2.06 bits per heavy atom. The first-order valence-corrected chi connectivity index (χ1v) is 4.56. The first kappa shape index (κ1) is 12.6. The molecule has 0 saturated heterocycles. The summed E-state index contributed by atoms with van der Waals surface area (Å²) in [5.74, 6) is 0.367. The first-order chi connectivity index (χ1) is 7.42. The summed E-state index contributed by atoms with van der Waals surface area (Å²) in [5, 5.41) is 11.6. The van der Waals surface area contributed by atoms with Gasteiger partial charge in [-0.3, -0.25) is 0 Å². The zero-order chi connectivity index (χ0) is 12.2. The van der Waals surface area contributed by atoms with E-state index in [9.17, 15) is 18.3 Å². The van der Waals surface area contributed by atoms with Crippen molar-refractivity contribution in [1.29, 1.82) is 0 Å². The molecule has 0 heterocycles. The normalized spacial score (nSPS) is 11.5. The molecule has 2 N–H and O–H groups in total. The van der Waals surface area contributed by atoms with Crippen molar-refractivity contribution in [2.75, 3.05) is 13.7 Å². The van der Waals surface area contributed by atoms with Crippen LogP contribution in [0, 0.1) is 0 Å². The van der Waals surface area contributed by atoms with E-state index in [0.29, 0.717) is 11.3 Å². The number of phenols is 1. The van der Waals surface area contributed by atoms with E-state index in [2.05, 4.69) is 5.32 Å². The molecule has 0 bridgehead atoms. The van der Waals surface area contributed by atoms with Crippen molar-refractivity contribution in [2.45, 2.75) is 12.7 Å². The van der Waals surface area contributed by atoms with Crippen LogP contribution in [-0.4, -0.2) is 24.9 Å². The highest BCUT2D eigenvalue weighted by Crippen LogP contribution is 2.23. The maximum Gasteiger partial charge on any atom is 0.401 e. The Labute approximate surface area is 90.8 Å². The second kappa shape index (κ2) is 5.07. The van der Waals surface area contributed by atoms with Crippen molar-refractivity contribution in [3.8, 4) is 11.5 Å². The van der Waals surface area contributed by atoms with Gasteiger partial charge in [-0.05, 0) is 6.07 Å². The minimum absolute atomic E-state index is 0.0463. The maximum absolute atomic E-state index is 11.8. The molecular weight excluding hydrogens is 223 g/mol.